The number of aromatic nitrogens is 1. The number of hydrogen-bond acceptors (Lipinski definition) is 7. The van der Waals surface area contributed by atoms with Gasteiger partial charge in [-0.2, -0.15) is 5.26 Å². The Hall–Kier alpha value is -5.53. The van der Waals surface area contributed by atoms with Gasteiger partial charge in [0.1, 0.15) is 22.3 Å². The van der Waals surface area contributed by atoms with E-state index in [2.05, 4.69) is 5.32 Å². The molecule has 0 saturated heterocycles. The molecule has 202 valence electrons. The zero-order chi connectivity index (χ0) is 28.8. The molecule has 1 amide bonds. The van der Waals surface area contributed by atoms with E-state index in [1.807, 2.05) is 36.4 Å². The zero-order valence-corrected chi connectivity index (χ0v) is 22.3. The lowest BCUT2D eigenvalue weighted by molar-refractivity contribution is -0.384. The second-order valence-electron chi connectivity index (χ2n) is 8.88. The number of non-ortho nitro benzene ring substituents is 1. The number of hydrogen-bond donors (Lipinski definition) is 1. The van der Waals surface area contributed by atoms with E-state index in [4.69, 9.17) is 4.42 Å². The molecule has 0 bridgehead atoms. The molecule has 0 saturated carbocycles. The minimum atomic E-state index is -0.570. The van der Waals surface area contributed by atoms with E-state index < -0.39 is 16.4 Å². The van der Waals surface area contributed by atoms with Gasteiger partial charge in [-0.05, 0) is 48.4 Å². The summed E-state index contributed by atoms with van der Waals surface area (Å²) in [6.07, 6.45) is 2.14. The molecular formula is C31H22N4O5S. The third-order valence-electron chi connectivity index (χ3n) is 6.20. The van der Waals surface area contributed by atoms with Crippen LogP contribution >= 0.6 is 11.3 Å². The molecule has 41 heavy (non-hydrogen) atoms. The molecule has 0 aliphatic carbocycles. The highest BCUT2D eigenvalue weighted by atomic mass is 32.1. The van der Waals surface area contributed by atoms with Gasteiger partial charge in [-0.25, -0.2) is 0 Å². The number of rotatable bonds is 8. The number of amides is 1. The summed E-state index contributed by atoms with van der Waals surface area (Å²) >= 11 is 1.02. The number of nitro groups is 1. The molecule has 5 rings (SSSR count). The van der Waals surface area contributed by atoms with Gasteiger partial charge >= 0.3 is 0 Å². The van der Waals surface area contributed by atoms with Gasteiger partial charge in [0.15, 0.2) is 5.57 Å². The quantitative estimate of drug-likeness (QED) is 0.225. The largest absolute Gasteiger partial charge is 0.457 e. The van der Waals surface area contributed by atoms with E-state index in [9.17, 15) is 25.0 Å². The van der Waals surface area contributed by atoms with Gasteiger partial charge in [-0.1, -0.05) is 48.5 Å². The summed E-state index contributed by atoms with van der Waals surface area (Å²) < 4.78 is 7.71. The Morgan fingerprint density at radius 2 is 1.68 bits per heavy atom. The maximum Gasteiger partial charge on any atom is 0.273 e. The van der Waals surface area contributed by atoms with Gasteiger partial charge in [-0.3, -0.25) is 24.3 Å². The first-order valence-corrected chi connectivity index (χ1v) is 13.4. The average molecular weight is 563 g/mol. The molecule has 0 fully saturated rings. The Balaban J connectivity index is 1.53. The first-order chi connectivity index (χ1) is 19.9. The van der Waals surface area contributed by atoms with Crippen molar-refractivity contribution in [3.05, 3.63) is 138 Å². The fourth-order valence-corrected chi connectivity index (χ4v) is 5.25. The summed E-state index contributed by atoms with van der Waals surface area (Å²) in [6.45, 7) is 0.325. The van der Waals surface area contributed by atoms with Crippen molar-refractivity contribution < 1.29 is 14.1 Å². The second kappa shape index (κ2) is 12.1. The average Bonchev–Trinajstić information content (AvgIpc) is 3.59. The van der Waals surface area contributed by atoms with Crippen molar-refractivity contribution in [2.24, 2.45) is 0 Å². The molecule has 0 atom stereocenters. The Kier molecular flexibility index (Phi) is 7.99. The molecule has 0 spiro atoms. The number of nitrogens with one attached hydrogen (secondary N) is 1. The van der Waals surface area contributed by atoms with Crippen LogP contribution in [0.15, 0.2) is 106 Å². The van der Waals surface area contributed by atoms with Crippen LogP contribution in [0.2, 0.25) is 0 Å². The highest BCUT2D eigenvalue weighted by molar-refractivity contribution is 7.07. The maximum atomic E-state index is 13.6. The fourth-order valence-electron chi connectivity index (χ4n) is 4.17. The van der Waals surface area contributed by atoms with Crippen LogP contribution in [0.3, 0.4) is 0 Å². The number of benzene rings is 3. The first-order valence-electron chi connectivity index (χ1n) is 12.5. The van der Waals surface area contributed by atoms with Crippen molar-refractivity contribution in [1.29, 1.82) is 5.26 Å². The standard InChI is InChI=1S/C31H22N4O5S/c32-20-26(29(36)33-18-17-21-7-3-1-4-8-21)31-34(23-9-5-2-6-10-23)30(37)28(41-31)19-25-15-16-27(40-25)22-11-13-24(14-12-22)35(38)39/h1-16,19H,17-18H2,(H,33,36)/b28-19+,31-26+. The molecule has 0 aliphatic rings. The summed E-state index contributed by atoms with van der Waals surface area (Å²) in [5.74, 6) is 0.266. The predicted molar refractivity (Wildman–Crippen MR) is 156 cm³/mol. The Morgan fingerprint density at radius 3 is 2.34 bits per heavy atom. The normalized spacial score (nSPS) is 12.0. The van der Waals surface area contributed by atoms with Crippen molar-refractivity contribution >= 4 is 34.6 Å². The van der Waals surface area contributed by atoms with Crippen LogP contribution in [0.25, 0.3) is 28.7 Å². The van der Waals surface area contributed by atoms with Crippen molar-refractivity contribution in [2.75, 3.05) is 6.54 Å². The number of nitro benzene ring substituents is 1. The number of carbonyl (C=O) groups excluding carboxylic acids is 1. The van der Waals surface area contributed by atoms with Gasteiger partial charge in [-0.15, -0.1) is 11.3 Å². The predicted octanol–water partition coefficient (Wildman–Crippen LogP) is 3.93. The lowest BCUT2D eigenvalue weighted by Gasteiger charge is -2.06. The third-order valence-corrected chi connectivity index (χ3v) is 7.29. The van der Waals surface area contributed by atoms with Crippen LogP contribution in [-0.2, 0) is 11.2 Å². The Labute approximate surface area is 237 Å². The summed E-state index contributed by atoms with van der Waals surface area (Å²) in [5, 5.41) is 23.7. The van der Waals surface area contributed by atoms with E-state index in [1.165, 1.54) is 16.7 Å². The van der Waals surface area contributed by atoms with Crippen LogP contribution in [0.1, 0.15) is 11.3 Å². The van der Waals surface area contributed by atoms with E-state index >= 15 is 0 Å². The van der Waals surface area contributed by atoms with E-state index in [1.54, 1.807) is 60.7 Å². The number of nitriles is 1. The van der Waals surface area contributed by atoms with Gasteiger partial charge in [0, 0.05) is 30.3 Å². The monoisotopic (exact) mass is 562 g/mol. The minimum absolute atomic E-state index is 0.0340. The Morgan fingerprint density at radius 1 is 1.00 bits per heavy atom. The molecule has 9 nitrogen and oxygen atoms in total. The fraction of sp³-hybridized carbons (Fsp3) is 0.0645. The smallest absolute Gasteiger partial charge is 0.273 e. The molecule has 5 aromatic rings. The van der Waals surface area contributed by atoms with Crippen LogP contribution in [0.5, 0.6) is 0 Å². The number of para-hydroxylation sites is 1. The van der Waals surface area contributed by atoms with Gasteiger partial charge in [0.25, 0.3) is 17.2 Å². The first kappa shape index (κ1) is 27.1. The lowest BCUT2D eigenvalue weighted by Crippen LogP contribution is -2.34. The van der Waals surface area contributed by atoms with Gasteiger partial charge in [0.05, 0.1) is 15.1 Å². The number of furan rings is 1. The molecule has 2 aromatic heterocycles. The summed E-state index contributed by atoms with van der Waals surface area (Å²) in [5.41, 5.74) is 1.58. The molecular weight excluding hydrogens is 540 g/mol. The maximum absolute atomic E-state index is 13.6. The second-order valence-corrected chi connectivity index (χ2v) is 9.91. The SMILES string of the molecule is N#C/C(C(=O)NCCc1ccccc1)=c1\s/c(=C/c2ccc(-c3ccc([N+](=O)[O-])cc3)o2)c(=O)n1-c1ccccc1. The molecule has 0 unspecified atom stereocenters. The van der Waals surface area contributed by atoms with Crippen LogP contribution < -0.4 is 20.1 Å². The topological polar surface area (TPSA) is 131 Å². The highest BCUT2D eigenvalue weighted by Gasteiger charge is 2.17. The van der Waals surface area contributed by atoms with Crippen molar-refractivity contribution in [1.82, 2.24) is 9.88 Å². The summed E-state index contributed by atoms with van der Waals surface area (Å²) in [4.78, 5) is 37.2. The highest BCUT2D eigenvalue weighted by Crippen LogP contribution is 2.24. The lowest BCUT2D eigenvalue weighted by atomic mass is 10.1. The molecule has 0 aliphatic heterocycles. The zero-order valence-electron chi connectivity index (χ0n) is 21.5. The molecule has 10 heteroatoms. The molecule has 2 heterocycles. The minimum Gasteiger partial charge on any atom is -0.457 e. The van der Waals surface area contributed by atoms with E-state index in [0.29, 0.717) is 35.7 Å². The van der Waals surface area contributed by atoms with Crippen LogP contribution in [-0.4, -0.2) is 21.9 Å². The molecule has 1 N–H and O–H groups in total. The van der Waals surface area contributed by atoms with Crippen LogP contribution in [0.4, 0.5) is 5.69 Å². The summed E-state index contributed by atoms with van der Waals surface area (Å²) in [6, 6.07) is 29.7. The van der Waals surface area contributed by atoms with Crippen LogP contribution in [0, 0.1) is 21.4 Å². The van der Waals surface area contributed by atoms with Gasteiger partial charge < -0.3 is 9.73 Å². The summed E-state index contributed by atoms with van der Waals surface area (Å²) in [7, 11) is 0. The van der Waals surface area contributed by atoms with Crippen molar-refractivity contribution in [3.63, 3.8) is 0 Å². The van der Waals surface area contributed by atoms with Gasteiger partial charge in [0.2, 0.25) is 0 Å². The van der Waals surface area contributed by atoms with E-state index in [-0.39, 0.29) is 20.5 Å². The molecule has 0 radical (unpaired) electrons. The Bertz CT molecular complexity index is 1930. The van der Waals surface area contributed by atoms with Crippen molar-refractivity contribution in [3.8, 4) is 23.1 Å². The number of nitrogens with zero attached hydrogens (tertiary/aromatic N) is 3. The number of carbonyl (C=O) groups is 1. The number of thiazole rings is 1. The van der Waals surface area contributed by atoms with E-state index in [0.717, 1.165) is 16.9 Å². The van der Waals surface area contributed by atoms with Crippen molar-refractivity contribution in [2.45, 2.75) is 6.42 Å². The molecule has 3 aromatic carbocycles. The third kappa shape index (κ3) is 6.06.